The molecule has 0 saturated carbocycles. The first-order valence-corrected chi connectivity index (χ1v) is 10.4. The summed E-state index contributed by atoms with van der Waals surface area (Å²) < 4.78 is 31.0. The average molecular weight is 423 g/mol. The highest BCUT2D eigenvalue weighted by Gasteiger charge is 2.10. The molecule has 2 heterocycles. The number of benzene rings is 2. The van der Waals surface area contributed by atoms with Crippen LogP contribution >= 0.6 is 0 Å². The lowest BCUT2D eigenvalue weighted by Gasteiger charge is -2.09. The summed E-state index contributed by atoms with van der Waals surface area (Å²) in [5.41, 5.74) is 5.23. The van der Waals surface area contributed by atoms with Crippen molar-refractivity contribution in [2.24, 2.45) is 0 Å². The zero-order valence-electron chi connectivity index (χ0n) is 16.5. The van der Waals surface area contributed by atoms with Gasteiger partial charge in [-0.25, -0.2) is 17.9 Å². The number of rotatable bonds is 7. The summed E-state index contributed by atoms with van der Waals surface area (Å²) >= 11 is 0. The molecule has 0 fully saturated rings. The van der Waals surface area contributed by atoms with E-state index in [1.54, 1.807) is 30.0 Å². The Morgan fingerprint density at radius 3 is 2.57 bits per heavy atom. The number of methoxy groups -OCH3 is 1. The van der Waals surface area contributed by atoms with Crippen molar-refractivity contribution in [3.05, 3.63) is 71.9 Å². The second kappa shape index (κ2) is 8.42. The Balaban J connectivity index is 1.54. The Kier molecular flexibility index (Phi) is 5.53. The normalized spacial score (nSPS) is 11.0. The van der Waals surface area contributed by atoms with Crippen LogP contribution in [0.1, 0.15) is 11.1 Å². The smallest absolute Gasteiger partial charge is 0.222 e. The number of fused-ring (bicyclic) bond motifs is 1. The molecule has 2 aromatic heterocycles. The summed E-state index contributed by atoms with van der Waals surface area (Å²) in [5.74, 6) is 1.54. The van der Waals surface area contributed by atoms with Gasteiger partial charge in [-0.1, -0.05) is 12.1 Å². The molecule has 8 nitrogen and oxygen atoms in total. The highest BCUT2D eigenvalue weighted by atomic mass is 32.2. The monoisotopic (exact) mass is 423 g/mol. The van der Waals surface area contributed by atoms with Gasteiger partial charge in [0, 0.05) is 17.8 Å². The number of thiol groups is 1. The van der Waals surface area contributed by atoms with E-state index in [0.717, 1.165) is 33.8 Å². The summed E-state index contributed by atoms with van der Waals surface area (Å²) in [7, 11) is -1.00. The Labute approximate surface area is 175 Å². The van der Waals surface area contributed by atoms with Crippen molar-refractivity contribution in [2.75, 3.05) is 17.1 Å². The van der Waals surface area contributed by atoms with Crippen molar-refractivity contribution in [3.8, 4) is 17.0 Å². The van der Waals surface area contributed by atoms with Crippen LogP contribution in [0.2, 0.25) is 0 Å². The number of nitrogens with zero attached hydrogens (tertiary/aromatic N) is 3. The van der Waals surface area contributed by atoms with Gasteiger partial charge in [0.05, 0.1) is 19.0 Å². The average Bonchev–Trinajstić information content (AvgIpc) is 3.16. The van der Waals surface area contributed by atoms with Gasteiger partial charge in [0.1, 0.15) is 11.6 Å². The number of hydrogen-bond donors (Lipinski definition) is 3. The van der Waals surface area contributed by atoms with Crippen LogP contribution in [-0.2, 0) is 17.4 Å². The van der Waals surface area contributed by atoms with Gasteiger partial charge in [0.25, 0.3) is 0 Å². The summed E-state index contributed by atoms with van der Waals surface area (Å²) in [6, 6.07) is 16.9. The first-order chi connectivity index (χ1) is 14.5. The van der Waals surface area contributed by atoms with Crippen molar-refractivity contribution in [2.45, 2.75) is 13.5 Å². The highest BCUT2D eigenvalue weighted by Crippen LogP contribution is 2.26. The lowest BCUT2D eigenvalue weighted by Crippen LogP contribution is -2.05. The minimum Gasteiger partial charge on any atom is -0.496 e. The minimum atomic E-state index is -2.66. The predicted molar refractivity (Wildman–Crippen MR) is 117 cm³/mol. The number of hydrogen-bond acceptors (Lipinski definition) is 6. The van der Waals surface area contributed by atoms with Gasteiger partial charge in [-0.05, 0) is 60.5 Å². The molecule has 4 aromatic rings. The number of aromatic nitrogens is 3. The molecular formula is C21H21N5O3S. The van der Waals surface area contributed by atoms with Crippen molar-refractivity contribution >= 4 is 28.0 Å². The second-order valence-electron chi connectivity index (χ2n) is 6.74. The van der Waals surface area contributed by atoms with Crippen LogP contribution in [0.4, 0.5) is 11.5 Å². The van der Waals surface area contributed by atoms with E-state index in [9.17, 15) is 8.42 Å². The van der Waals surface area contributed by atoms with Crippen LogP contribution in [0.15, 0.2) is 60.8 Å². The van der Waals surface area contributed by atoms with Crippen molar-refractivity contribution in [1.82, 2.24) is 14.6 Å². The number of aryl methyl sites for hydroxylation is 1. The summed E-state index contributed by atoms with van der Waals surface area (Å²) in [5, 5.41) is 7.97. The third kappa shape index (κ3) is 4.20. The molecule has 0 amide bonds. The molecule has 0 radical (unpaired) electrons. The fraction of sp³-hybridized carbons (Fsp3) is 0.143. The van der Waals surface area contributed by atoms with Crippen molar-refractivity contribution in [1.29, 1.82) is 0 Å². The van der Waals surface area contributed by atoms with E-state index < -0.39 is 10.9 Å². The van der Waals surface area contributed by atoms with E-state index >= 15 is 0 Å². The standard InChI is InChI=1S/C21H21N5O3S/c1-14-11-16(5-8-19(14)29-2)18-13-23-21-10-9-20(24-26(18)21)22-12-15-3-6-17(7-4-15)25-30(27)28/h3-11,13,30H,12H2,1-2H3,(H,22,24)(H,25,27,28). The molecule has 0 aliphatic heterocycles. The SMILES string of the molecule is COc1ccc(-c2cnc3ccc(NCc4ccc(N[SH](=O)=O)cc4)nn23)cc1C. The Bertz CT molecular complexity index is 1260. The highest BCUT2D eigenvalue weighted by molar-refractivity contribution is 7.73. The molecule has 0 atom stereocenters. The molecule has 4 rings (SSSR count). The van der Waals surface area contributed by atoms with E-state index in [1.807, 2.05) is 43.3 Å². The van der Waals surface area contributed by atoms with Crippen molar-refractivity contribution in [3.63, 3.8) is 0 Å². The maximum Gasteiger partial charge on any atom is 0.222 e. The van der Waals surface area contributed by atoms with Crippen molar-refractivity contribution < 1.29 is 13.2 Å². The summed E-state index contributed by atoms with van der Waals surface area (Å²) in [6.45, 7) is 2.55. The summed E-state index contributed by atoms with van der Waals surface area (Å²) in [4.78, 5) is 4.44. The van der Waals surface area contributed by atoms with Gasteiger partial charge in [-0.2, -0.15) is 0 Å². The van der Waals surface area contributed by atoms with E-state index in [4.69, 9.17) is 4.74 Å². The summed E-state index contributed by atoms with van der Waals surface area (Å²) in [6.07, 6.45) is 1.81. The quantitative estimate of drug-likeness (QED) is 0.395. The molecule has 2 aromatic carbocycles. The van der Waals surface area contributed by atoms with E-state index in [1.165, 1.54) is 0 Å². The van der Waals surface area contributed by atoms with Crippen LogP contribution in [0.25, 0.3) is 16.9 Å². The fourth-order valence-corrected chi connectivity index (χ4v) is 3.56. The van der Waals surface area contributed by atoms with E-state index in [0.29, 0.717) is 18.1 Å². The van der Waals surface area contributed by atoms with Crippen LogP contribution < -0.4 is 14.8 Å². The lowest BCUT2D eigenvalue weighted by molar-refractivity contribution is 0.412. The number of ether oxygens (including phenoxy) is 1. The molecule has 0 unspecified atom stereocenters. The van der Waals surface area contributed by atoms with Gasteiger partial charge in [-0.15, -0.1) is 5.10 Å². The molecule has 0 aliphatic rings. The Morgan fingerprint density at radius 2 is 1.87 bits per heavy atom. The first kappa shape index (κ1) is 19.7. The second-order valence-corrected chi connectivity index (χ2v) is 7.47. The zero-order valence-corrected chi connectivity index (χ0v) is 17.4. The van der Waals surface area contributed by atoms with Crippen LogP contribution in [-0.4, -0.2) is 30.1 Å². The van der Waals surface area contributed by atoms with Gasteiger partial charge in [-0.3, -0.25) is 4.72 Å². The number of anilines is 2. The molecular weight excluding hydrogens is 402 g/mol. The number of nitrogens with one attached hydrogen (secondary N) is 2. The third-order valence-corrected chi connectivity index (χ3v) is 5.14. The molecule has 2 N–H and O–H groups in total. The maximum absolute atomic E-state index is 10.7. The third-order valence-electron chi connectivity index (χ3n) is 4.70. The predicted octanol–water partition coefficient (Wildman–Crippen LogP) is 3.26. The van der Waals surface area contributed by atoms with Crippen LogP contribution in [0.3, 0.4) is 0 Å². The van der Waals surface area contributed by atoms with Gasteiger partial charge in [0.2, 0.25) is 10.9 Å². The molecule has 0 saturated heterocycles. The molecule has 0 spiro atoms. The van der Waals surface area contributed by atoms with E-state index in [2.05, 4.69) is 26.2 Å². The van der Waals surface area contributed by atoms with Crippen LogP contribution in [0.5, 0.6) is 5.75 Å². The lowest BCUT2D eigenvalue weighted by atomic mass is 10.1. The minimum absolute atomic E-state index is 0.534. The maximum atomic E-state index is 10.7. The molecule has 30 heavy (non-hydrogen) atoms. The van der Waals surface area contributed by atoms with Gasteiger partial charge in [0.15, 0.2) is 5.65 Å². The zero-order chi connectivity index (χ0) is 21.1. The Morgan fingerprint density at radius 1 is 1.07 bits per heavy atom. The first-order valence-electron chi connectivity index (χ1n) is 9.27. The Hall–Kier alpha value is -3.59. The topological polar surface area (TPSA) is 97.6 Å². The molecule has 9 heteroatoms. The van der Waals surface area contributed by atoms with Crippen LogP contribution in [0, 0.1) is 6.92 Å². The number of imidazole rings is 1. The molecule has 154 valence electrons. The molecule has 0 aliphatic carbocycles. The fourth-order valence-electron chi connectivity index (χ4n) is 3.20. The molecule has 0 bridgehead atoms. The van der Waals surface area contributed by atoms with Gasteiger partial charge >= 0.3 is 0 Å². The van der Waals surface area contributed by atoms with Gasteiger partial charge < -0.3 is 10.1 Å². The van der Waals surface area contributed by atoms with E-state index in [-0.39, 0.29) is 0 Å². The largest absolute Gasteiger partial charge is 0.496 e.